The second-order valence-corrected chi connectivity index (χ2v) is 14.0. The Bertz CT molecular complexity index is 3250. The van der Waals surface area contributed by atoms with E-state index in [1.807, 2.05) is 54.6 Å². The highest BCUT2D eigenvalue weighted by molar-refractivity contribution is 6.08. The minimum absolute atomic E-state index is 0.582. The molecule has 11 rings (SSSR count). The van der Waals surface area contributed by atoms with E-state index in [-0.39, 0.29) is 0 Å². The van der Waals surface area contributed by atoms with Crippen LogP contribution >= 0.6 is 0 Å². The van der Waals surface area contributed by atoms with E-state index in [4.69, 9.17) is 23.8 Å². The molecule has 0 aliphatic heterocycles. The second-order valence-electron chi connectivity index (χ2n) is 14.0. The first-order chi connectivity index (χ1) is 27.7. The highest BCUT2D eigenvalue weighted by Crippen LogP contribution is 2.39. The third-order valence-electron chi connectivity index (χ3n) is 10.6. The van der Waals surface area contributed by atoms with Crippen LogP contribution in [0.15, 0.2) is 197 Å². The smallest absolute Gasteiger partial charge is 0.164 e. The lowest BCUT2D eigenvalue weighted by Crippen LogP contribution is -2.00. The first-order valence-corrected chi connectivity index (χ1v) is 18.7. The van der Waals surface area contributed by atoms with Crippen LogP contribution in [0.5, 0.6) is 0 Å². The molecule has 5 heteroatoms. The number of rotatable bonds is 6. The molecule has 0 bridgehead atoms. The predicted molar refractivity (Wildman–Crippen MR) is 227 cm³/mol. The van der Waals surface area contributed by atoms with Crippen molar-refractivity contribution in [3.05, 3.63) is 188 Å². The van der Waals surface area contributed by atoms with Crippen LogP contribution in [0.2, 0.25) is 0 Å². The van der Waals surface area contributed by atoms with E-state index >= 15 is 0 Å². The summed E-state index contributed by atoms with van der Waals surface area (Å²) in [5, 5.41) is 4.32. The first-order valence-electron chi connectivity index (χ1n) is 18.7. The van der Waals surface area contributed by atoms with Gasteiger partial charge in [-0.3, -0.25) is 0 Å². The molecule has 0 atom stereocenters. The molecule has 5 nitrogen and oxygen atoms in total. The number of para-hydroxylation sites is 1. The van der Waals surface area contributed by atoms with Crippen LogP contribution in [0.4, 0.5) is 0 Å². The Morgan fingerprint density at radius 2 is 0.714 bits per heavy atom. The maximum atomic E-state index is 6.63. The SMILES string of the molecule is c1ccc(-c2cccc(-c3nc(-c4ccccc4)nc(-c4ccc5c(c4)oc4cc(-c6ccccc6-c6ccc7oc8ccccc8c7c6)ccc45)n3)c2)cc1. The molecule has 0 aliphatic rings. The van der Waals surface area contributed by atoms with Gasteiger partial charge in [-0.2, -0.15) is 0 Å². The largest absolute Gasteiger partial charge is 0.456 e. The number of nitrogens with zero attached hydrogens (tertiary/aromatic N) is 3. The van der Waals surface area contributed by atoms with Crippen LogP contribution in [-0.2, 0) is 0 Å². The van der Waals surface area contributed by atoms with Crippen LogP contribution < -0.4 is 0 Å². The van der Waals surface area contributed by atoms with Gasteiger partial charge in [-0.1, -0.05) is 140 Å². The summed E-state index contributed by atoms with van der Waals surface area (Å²) in [6.45, 7) is 0. The Morgan fingerprint density at radius 1 is 0.250 bits per heavy atom. The lowest BCUT2D eigenvalue weighted by atomic mass is 9.93. The summed E-state index contributed by atoms with van der Waals surface area (Å²) in [5.41, 5.74) is 12.8. The number of furan rings is 2. The Labute approximate surface area is 322 Å². The Morgan fingerprint density at radius 3 is 1.45 bits per heavy atom. The van der Waals surface area contributed by atoms with Gasteiger partial charge in [0.25, 0.3) is 0 Å². The summed E-state index contributed by atoms with van der Waals surface area (Å²) in [7, 11) is 0. The molecule has 0 spiro atoms. The third kappa shape index (κ3) is 5.53. The lowest BCUT2D eigenvalue weighted by Gasteiger charge is -2.10. The van der Waals surface area contributed by atoms with Gasteiger partial charge >= 0.3 is 0 Å². The van der Waals surface area contributed by atoms with Crippen molar-refractivity contribution in [2.45, 2.75) is 0 Å². The van der Waals surface area contributed by atoms with Gasteiger partial charge in [-0.05, 0) is 81.9 Å². The second kappa shape index (κ2) is 13.0. The van der Waals surface area contributed by atoms with E-state index in [9.17, 15) is 0 Å². The van der Waals surface area contributed by atoms with Gasteiger partial charge in [-0.25, -0.2) is 15.0 Å². The van der Waals surface area contributed by atoms with Gasteiger partial charge < -0.3 is 8.83 Å². The molecule has 8 aromatic carbocycles. The highest BCUT2D eigenvalue weighted by atomic mass is 16.3. The van der Waals surface area contributed by atoms with Gasteiger partial charge in [0.2, 0.25) is 0 Å². The number of fused-ring (bicyclic) bond motifs is 6. The standard InChI is InChI=1S/C51H31N3O2/c1-3-12-32(13-4-1)34-16-11-17-37(28-34)50-52-49(33-14-5-2-6-15-33)53-51(54-50)38-23-26-43-42-25-22-36(30-47(42)56-48(43)31-38)40-19-8-7-18-39(40)35-24-27-46-44(29-35)41-20-9-10-21-45(41)55-46/h1-31H. The molecule has 0 unspecified atom stereocenters. The molecule has 0 amide bonds. The molecule has 0 aliphatic carbocycles. The van der Waals surface area contributed by atoms with Crippen LogP contribution in [0.25, 0.3) is 111 Å². The van der Waals surface area contributed by atoms with Gasteiger partial charge in [-0.15, -0.1) is 0 Å². The van der Waals surface area contributed by atoms with Crippen molar-refractivity contribution in [3.8, 4) is 67.5 Å². The van der Waals surface area contributed by atoms with E-state index in [0.29, 0.717) is 17.5 Å². The van der Waals surface area contributed by atoms with Crippen molar-refractivity contribution < 1.29 is 8.83 Å². The molecule has 3 aromatic heterocycles. The summed E-state index contributed by atoms with van der Waals surface area (Å²) in [5.74, 6) is 1.81. The van der Waals surface area contributed by atoms with Gasteiger partial charge in [0.05, 0.1) is 0 Å². The summed E-state index contributed by atoms with van der Waals surface area (Å²) in [6, 6.07) is 64.6. The number of aromatic nitrogens is 3. The van der Waals surface area contributed by atoms with E-state index in [0.717, 1.165) is 93.9 Å². The highest BCUT2D eigenvalue weighted by Gasteiger charge is 2.17. The normalized spacial score (nSPS) is 11.6. The van der Waals surface area contributed by atoms with Crippen LogP contribution in [0.1, 0.15) is 0 Å². The predicted octanol–water partition coefficient (Wildman–Crippen LogP) is 13.7. The number of benzene rings is 8. The Kier molecular flexibility index (Phi) is 7.42. The number of hydrogen-bond donors (Lipinski definition) is 0. The molecule has 0 saturated heterocycles. The summed E-state index contributed by atoms with van der Waals surface area (Å²) >= 11 is 0. The fourth-order valence-corrected chi connectivity index (χ4v) is 7.78. The first kappa shape index (κ1) is 31.9. The van der Waals surface area contributed by atoms with E-state index in [1.165, 1.54) is 0 Å². The van der Waals surface area contributed by atoms with Crippen LogP contribution in [-0.4, -0.2) is 15.0 Å². The van der Waals surface area contributed by atoms with Crippen molar-refractivity contribution in [2.24, 2.45) is 0 Å². The van der Waals surface area contributed by atoms with E-state index in [2.05, 4.69) is 133 Å². The molecular formula is C51H31N3O2. The minimum atomic E-state index is 0.582. The van der Waals surface area contributed by atoms with Gasteiger partial charge in [0.1, 0.15) is 22.3 Å². The van der Waals surface area contributed by atoms with Crippen molar-refractivity contribution in [2.75, 3.05) is 0 Å². The average molecular weight is 718 g/mol. The molecule has 262 valence electrons. The molecule has 3 heterocycles. The van der Waals surface area contributed by atoms with Crippen molar-refractivity contribution in [3.63, 3.8) is 0 Å². The molecule has 11 aromatic rings. The van der Waals surface area contributed by atoms with Crippen LogP contribution in [0.3, 0.4) is 0 Å². The lowest BCUT2D eigenvalue weighted by molar-refractivity contribution is 0.668. The number of hydrogen-bond acceptors (Lipinski definition) is 5. The van der Waals surface area contributed by atoms with Crippen molar-refractivity contribution >= 4 is 43.9 Å². The zero-order valence-corrected chi connectivity index (χ0v) is 30.1. The monoisotopic (exact) mass is 717 g/mol. The third-order valence-corrected chi connectivity index (χ3v) is 10.6. The maximum absolute atomic E-state index is 6.63. The molecule has 56 heavy (non-hydrogen) atoms. The summed E-state index contributed by atoms with van der Waals surface area (Å²) < 4.78 is 12.7. The summed E-state index contributed by atoms with van der Waals surface area (Å²) in [4.78, 5) is 15.0. The van der Waals surface area contributed by atoms with E-state index < -0.39 is 0 Å². The van der Waals surface area contributed by atoms with Crippen molar-refractivity contribution in [1.29, 1.82) is 0 Å². The van der Waals surface area contributed by atoms with Crippen molar-refractivity contribution in [1.82, 2.24) is 15.0 Å². The molecule has 0 N–H and O–H groups in total. The summed E-state index contributed by atoms with van der Waals surface area (Å²) in [6.07, 6.45) is 0. The van der Waals surface area contributed by atoms with Gasteiger partial charge in [0.15, 0.2) is 17.5 Å². The maximum Gasteiger partial charge on any atom is 0.164 e. The fourth-order valence-electron chi connectivity index (χ4n) is 7.78. The zero-order valence-electron chi connectivity index (χ0n) is 30.1. The van der Waals surface area contributed by atoms with Gasteiger partial charge in [0, 0.05) is 38.2 Å². The minimum Gasteiger partial charge on any atom is -0.456 e. The Hall–Kier alpha value is -7.63. The molecule has 0 saturated carbocycles. The molecular weight excluding hydrogens is 687 g/mol. The quantitative estimate of drug-likeness (QED) is 0.171. The molecule has 0 radical (unpaired) electrons. The topological polar surface area (TPSA) is 65.0 Å². The van der Waals surface area contributed by atoms with Crippen LogP contribution in [0, 0.1) is 0 Å². The fraction of sp³-hybridized carbons (Fsp3) is 0. The van der Waals surface area contributed by atoms with E-state index in [1.54, 1.807) is 0 Å². The average Bonchev–Trinajstić information content (AvgIpc) is 3.84. The Balaban J connectivity index is 0.996. The molecule has 0 fully saturated rings. The zero-order chi connectivity index (χ0) is 37.0.